The third-order valence-electron chi connectivity index (χ3n) is 6.62. The van der Waals surface area contributed by atoms with Crippen LogP contribution in [0.2, 0.25) is 0 Å². The number of rotatable bonds is 4. The Morgan fingerprint density at radius 2 is 1.65 bits per heavy atom. The number of hydrogen-bond acceptors (Lipinski definition) is 2. The Morgan fingerprint density at radius 3 is 2.32 bits per heavy atom. The van der Waals surface area contributed by atoms with Gasteiger partial charge in [0.05, 0.1) is 11.7 Å². The van der Waals surface area contributed by atoms with Crippen LogP contribution in [0.3, 0.4) is 0 Å². The monoisotopic (exact) mass is 407 g/mol. The Kier molecular flexibility index (Phi) is 4.70. The van der Waals surface area contributed by atoms with E-state index in [0.717, 1.165) is 27.2 Å². The lowest BCUT2D eigenvalue weighted by Gasteiger charge is -2.33. The van der Waals surface area contributed by atoms with Crippen LogP contribution in [0.25, 0.3) is 0 Å². The summed E-state index contributed by atoms with van der Waals surface area (Å²) in [5.41, 5.74) is 5.90. The fourth-order valence-corrected chi connectivity index (χ4v) is 4.90. The lowest BCUT2D eigenvalue weighted by molar-refractivity contribution is -0.361. The van der Waals surface area contributed by atoms with E-state index in [4.69, 9.17) is 0 Å². The summed E-state index contributed by atoms with van der Waals surface area (Å²) in [7, 11) is 0. The minimum Gasteiger partial charge on any atom is -0.618 e. The van der Waals surface area contributed by atoms with Gasteiger partial charge < -0.3 is 10.2 Å². The SMILES string of the molecule is CC1C=[N+]([O-])c2ccc(C(C)(c3ccccc3)c3cnc[nH]3)cc2C1c1ccccc1. The summed E-state index contributed by atoms with van der Waals surface area (Å²) in [6.45, 7) is 4.33. The summed E-state index contributed by atoms with van der Waals surface area (Å²) in [4.78, 5) is 7.62. The zero-order valence-electron chi connectivity index (χ0n) is 17.7. The minimum absolute atomic E-state index is 0.0952. The normalized spacial score (nSPS) is 19.9. The molecule has 1 aromatic heterocycles. The molecule has 2 heterocycles. The molecule has 1 aliphatic rings. The molecule has 154 valence electrons. The first-order valence-electron chi connectivity index (χ1n) is 10.6. The molecule has 0 radical (unpaired) electrons. The molecule has 0 bridgehead atoms. The number of nitrogens with zero attached hydrogens (tertiary/aromatic N) is 2. The molecule has 3 unspecified atom stereocenters. The van der Waals surface area contributed by atoms with Crippen LogP contribution < -0.4 is 0 Å². The van der Waals surface area contributed by atoms with Crippen LogP contribution in [0.4, 0.5) is 5.69 Å². The first kappa shape index (κ1) is 19.3. The van der Waals surface area contributed by atoms with E-state index in [1.165, 1.54) is 11.1 Å². The van der Waals surface area contributed by atoms with Gasteiger partial charge in [-0.2, -0.15) is 4.74 Å². The van der Waals surface area contributed by atoms with Gasteiger partial charge in [0.15, 0.2) is 6.21 Å². The Balaban J connectivity index is 1.73. The molecule has 4 nitrogen and oxygen atoms in total. The average molecular weight is 408 g/mol. The van der Waals surface area contributed by atoms with Gasteiger partial charge in [0.2, 0.25) is 5.69 Å². The molecule has 3 atom stereocenters. The molecule has 31 heavy (non-hydrogen) atoms. The Bertz CT molecular complexity index is 1220. The smallest absolute Gasteiger partial charge is 0.220 e. The van der Waals surface area contributed by atoms with Crippen molar-refractivity contribution in [2.45, 2.75) is 25.2 Å². The van der Waals surface area contributed by atoms with Crippen molar-refractivity contribution in [1.82, 2.24) is 9.97 Å². The van der Waals surface area contributed by atoms with E-state index in [-0.39, 0.29) is 11.8 Å². The lowest BCUT2D eigenvalue weighted by Crippen LogP contribution is -2.28. The lowest BCUT2D eigenvalue weighted by atomic mass is 9.71. The Hall–Kier alpha value is -3.66. The van der Waals surface area contributed by atoms with Gasteiger partial charge in [-0.1, -0.05) is 73.7 Å². The van der Waals surface area contributed by atoms with Gasteiger partial charge in [0, 0.05) is 35.4 Å². The van der Waals surface area contributed by atoms with Crippen molar-refractivity contribution in [3.05, 3.63) is 125 Å². The number of nitrogens with one attached hydrogen (secondary N) is 1. The average Bonchev–Trinajstić information content (AvgIpc) is 3.35. The first-order valence-corrected chi connectivity index (χ1v) is 10.6. The predicted octanol–water partition coefficient (Wildman–Crippen LogP) is 5.76. The molecular formula is C27H25N3O. The fourth-order valence-electron chi connectivity index (χ4n) is 4.90. The maximum atomic E-state index is 12.8. The Labute approximate surface area is 182 Å². The molecular weight excluding hydrogens is 382 g/mol. The Morgan fingerprint density at radius 1 is 0.935 bits per heavy atom. The quantitative estimate of drug-likeness (QED) is 0.345. The highest BCUT2D eigenvalue weighted by Crippen LogP contribution is 2.44. The van der Waals surface area contributed by atoms with Gasteiger partial charge in [-0.3, -0.25) is 0 Å². The zero-order chi connectivity index (χ0) is 21.4. The van der Waals surface area contributed by atoms with Crippen LogP contribution in [-0.4, -0.2) is 20.9 Å². The molecule has 5 rings (SSSR count). The van der Waals surface area contributed by atoms with E-state index in [1.54, 1.807) is 12.5 Å². The molecule has 3 aromatic carbocycles. The molecule has 0 saturated heterocycles. The van der Waals surface area contributed by atoms with E-state index in [9.17, 15) is 5.21 Å². The summed E-state index contributed by atoms with van der Waals surface area (Å²) in [6, 6.07) is 27.2. The molecule has 1 aliphatic heterocycles. The number of aromatic nitrogens is 2. The first-order chi connectivity index (χ1) is 15.1. The van der Waals surface area contributed by atoms with Crippen molar-refractivity contribution >= 4 is 11.9 Å². The van der Waals surface area contributed by atoms with Crippen molar-refractivity contribution in [3.63, 3.8) is 0 Å². The maximum Gasteiger partial charge on any atom is 0.220 e. The topological polar surface area (TPSA) is 54.8 Å². The van der Waals surface area contributed by atoms with Crippen molar-refractivity contribution in [2.75, 3.05) is 0 Å². The van der Waals surface area contributed by atoms with Crippen molar-refractivity contribution < 1.29 is 4.74 Å². The summed E-state index contributed by atoms with van der Waals surface area (Å²) >= 11 is 0. The molecule has 0 spiro atoms. The summed E-state index contributed by atoms with van der Waals surface area (Å²) in [5, 5.41) is 12.8. The highest BCUT2D eigenvalue weighted by molar-refractivity contribution is 5.67. The molecule has 1 N–H and O–H groups in total. The van der Waals surface area contributed by atoms with Crippen LogP contribution in [0, 0.1) is 11.1 Å². The van der Waals surface area contributed by atoms with Crippen LogP contribution in [0.1, 0.15) is 47.7 Å². The van der Waals surface area contributed by atoms with Gasteiger partial charge in [0.1, 0.15) is 0 Å². The van der Waals surface area contributed by atoms with Crippen molar-refractivity contribution in [2.24, 2.45) is 5.92 Å². The minimum atomic E-state index is -0.424. The zero-order valence-corrected chi connectivity index (χ0v) is 17.7. The number of fused-ring (bicyclic) bond motifs is 1. The predicted molar refractivity (Wildman–Crippen MR) is 124 cm³/mol. The van der Waals surface area contributed by atoms with E-state index in [1.807, 2.05) is 24.4 Å². The van der Waals surface area contributed by atoms with Gasteiger partial charge in [0.25, 0.3) is 0 Å². The van der Waals surface area contributed by atoms with Crippen LogP contribution in [0.5, 0.6) is 0 Å². The highest BCUT2D eigenvalue weighted by atomic mass is 16.5. The van der Waals surface area contributed by atoms with Crippen LogP contribution in [0.15, 0.2) is 91.4 Å². The molecule has 0 fully saturated rings. The molecule has 0 saturated carbocycles. The van der Waals surface area contributed by atoms with Gasteiger partial charge in [-0.05, 0) is 29.7 Å². The third-order valence-corrected chi connectivity index (χ3v) is 6.62. The van der Waals surface area contributed by atoms with Crippen LogP contribution >= 0.6 is 0 Å². The van der Waals surface area contributed by atoms with E-state index >= 15 is 0 Å². The van der Waals surface area contributed by atoms with Crippen molar-refractivity contribution in [3.8, 4) is 0 Å². The second kappa shape index (κ2) is 7.55. The standard InChI is InChI=1S/C27H25N3O/c1-19-17-30(31)24-14-13-22(15-23(24)26(19)20-9-5-3-6-10-20)27(2,25-16-28-18-29-25)21-11-7-4-8-12-21/h3-19,26H,1-2H3,(H,28,29). The third kappa shape index (κ3) is 3.15. The highest BCUT2D eigenvalue weighted by Gasteiger charge is 2.37. The maximum absolute atomic E-state index is 12.8. The fraction of sp³-hybridized carbons (Fsp3) is 0.185. The largest absolute Gasteiger partial charge is 0.618 e. The molecule has 4 heteroatoms. The summed E-state index contributed by atoms with van der Waals surface area (Å²) in [6.07, 6.45) is 5.39. The number of H-pyrrole nitrogens is 1. The van der Waals surface area contributed by atoms with E-state index in [0.29, 0.717) is 0 Å². The number of benzene rings is 3. The van der Waals surface area contributed by atoms with Gasteiger partial charge in [-0.25, -0.2) is 4.98 Å². The van der Waals surface area contributed by atoms with Gasteiger partial charge in [-0.15, -0.1) is 0 Å². The number of imidazole rings is 1. The van der Waals surface area contributed by atoms with E-state index < -0.39 is 5.41 Å². The molecule has 0 amide bonds. The van der Waals surface area contributed by atoms with Crippen molar-refractivity contribution in [1.29, 1.82) is 0 Å². The summed E-state index contributed by atoms with van der Waals surface area (Å²) < 4.78 is 1.03. The van der Waals surface area contributed by atoms with Gasteiger partial charge >= 0.3 is 0 Å². The number of hydrogen-bond donors (Lipinski definition) is 1. The second-order valence-corrected chi connectivity index (χ2v) is 8.45. The van der Waals surface area contributed by atoms with E-state index in [2.05, 4.69) is 84.5 Å². The molecule has 0 aliphatic carbocycles. The second-order valence-electron chi connectivity index (χ2n) is 8.45. The molecule has 4 aromatic rings. The van der Waals surface area contributed by atoms with Crippen LogP contribution in [-0.2, 0) is 5.41 Å². The summed E-state index contributed by atoms with van der Waals surface area (Å²) in [5.74, 6) is 0.223. The number of aromatic amines is 1.